The Balaban J connectivity index is 2.01. The molecule has 1 heterocycles. The molecule has 0 saturated carbocycles. The summed E-state index contributed by atoms with van der Waals surface area (Å²) in [6, 6.07) is 5.03. The van der Waals surface area contributed by atoms with Gasteiger partial charge >= 0.3 is 5.97 Å². The molecule has 2 rings (SSSR count). The molecule has 0 amide bonds. The molecule has 0 spiro atoms. The Morgan fingerprint density at radius 2 is 1.86 bits per heavy atom. The van der Waals surface area contributed by atoms with Crippen molar-refractivity contribution in [2.45, 2.75) is 30.7 Å². The lowest BCUT2D eigenvalue weighted by Crippen LogP contribution is -2.41. The maximum absolute atomic E-state index is 12.2. The van der Waals surface area contributed by atoms with Crippen molar-refractivity contribution in [3.8, 4) is 0 Å². The largest absolute Gasteiger partial charge is 0.478 e. The summed E-state index contributed by atoms with van der Waals surface area (Å²) in [4.78, 5) is 13.1. The Morgan fingerprint density at radius 3 is 2.38 bits per heavy atom. The number of carboxylic acid groups (broad SMARTS) is 1. The van der Waals surface area contributed by atoms with Gasteiger partial charge in [0.1, 0.15) is 0 Å². The van der Waals surface area contributed by atoms with Crippen LogP contribution in [0.4, 0.5) is 0 Å². The minimum atomic E-state index is -3.61. The molecule has 1 aromatic rings. The second-order valence-corrected chi connectivity index (χ2v) is 7.07. The standard InChI is InChI=1S/C14H20N2O4S/c1-11(10-16-8-2-3-9-16)15-21(19,20)13-6-4-12(5-7-13)14(17)18/h4-7,11,15H,2-3,8-10H2,1H3,(H,17,18). The van der Waals surface area contributed by atoms with E-state index in [1.54, 1.807) is 0 Å². The molecule has 1 fully saturated rings. The lowest BCUT2D eigenvalue weighted by Gasteiger charge is -2.21. The molecule has 0 aliphatic carbocycles. The molecule has 0 aromatic heterocycles. The summed E-state index contributed by atoms with van der Waals surface area (Å²) in [5.74, 6) is -1.07. The van der Waals surface area contributed by atoms with Crippen LogP contribution in [0.15, 0.2) is 29.2 Å². The molecule has 0 bridgehead atoms. The quantitative estimate of drug-likeness (QED) is 0.823. The highest BCUT2D eigenvalue weighted by atomic mass is 32.2. The van der Waals surface area contributed by atoms with E-state index in [2.05, 4.69) is 9.62 Å². The smallest absolute Gasteiger partial charge is 0.335 e. The monoisotopic (exact) mass is 312 g/mol. The number of likely N-dealkylation sites (tertiary alicyclic amines) is 1. The number of nitrogens with one attached hydrogen (secondary N) is 1. The van der Waals surface area contributed by atoms with Gasteiger partial charge in [0, 0.05) is 12.6 Å². The van der Waals surface area contributed by atoms with Gasteiger partial charge in [0.25, 0.3) is 0 Å². The van der Waals surface area contributed by atoms with E-state index in [1.165, 1.54) is 24.3 Å². The van der Waals surface area contributed by atoms with Gasteiger partial charge in [-0.05, 0) is 57.1 Å². The van der Waals surface area contributed by atoms with Crippen LogP contribution in [-0.4, -0.2) is 50.1 Å². The lowest BCUT2D eigenvalue weighted by molar-refractivity contribution is 0.0696. The van der Waals surface area contributed by atoms with Gasteiger partial charge in [-0.1, -0.05) is 0 Å². The minimum Gasteiger partial charge on any atom is -0.478 e. The van der Waals surface area contributed by atoms with Gasteiger partial charge in [-0.2, -0.15) is 0 Å². The van der Waals surface area contributed by atoms with Crippen LogP contribution in [-0.2, 0) is 10.0 Å². The first-order valence-electron chi connectivity index (χ1n) is 6.96. The van der Waals surface area contributed by atoms with Gasteiger partial charge in [0.05, 0.1) is 10.5 Å². The van der Waals surface area contributed by atoms with E-state index in [1.807, 2.05) is 6.92 Å². The maximum Gasteiger partial charge on any atom is 0.335 e. The Kier molecular flexibility index (Phi) is 4.97. The number of rotatable bonds is 6. The van der Waals surface area contributed by atoms with E-state index >= 15 is 0 Å². The molecule has 21 heavy (non-hydrogen) atoms. The SMILES string of the molecule is CC(CN1CCCC1)NS(=O)(=O)c1ccc(C(=O)O)cc1. The predicted octanol–water partition coefficient (Wildman–Crippen LogP) is 1.15. The van der Waals surface area contributed by atoms with Crippen LogP contribution in [0.3, 0.4) is 0 Å². The van der Waals surface area contributed by atoms with E-state index in [0.717, 1.165) is 25.9 Å². The fraction of sp³-hybridized carbons (Fsp3) is 0.500. The number of aromatic carboxylic acids is 1. The summed E-state index contributed by atoms with van der Waals surface area (Å²) in [5, 5.41) is 8.81. The Labute approximate surface area is 124 Å². The molecule has 6 nitrogen and oxygen atoms in total. The minimum absolute atomic E-state index is 0.0686. The number of benzene rings is 1. The fourth-order valence-electron chi connectivity index (χ4n) is 2.50. The molecule has 7 heteroatoms. The first-order valence-corrected chi connectivity index (χ1v) is 8.45. The van der Waals surface area contributed by atoms with Gasteiger partial charge in [-0.3, -0.25) is 0 Å². The number of carbonyl (C=O) groups is 1. The molecule has 0 radical (unpaired) electrons. The van der Waals surface area contributed by atoms with Crippen LogP contribution in [0.25, 0.3) is 0 Å². The summed E-state index contributed by atoms with van der Waals surface area (Å²) in [5.41, 5.74) is 0.0686. The Hall–Kier alpha value is -1.44. The predicted molar refractivity (Wildman–Crippen MR) is 78.9 cm³/mol. The summed E-state index contributed by atoms with van der Waals surface area (Å²) in [6.07, 6.45) is 2.33. The Morgan fingerprint density at radius 1 is 1.29 bits per heavy atom. The number of nitrogens with zero attached hydrogens (tertiary/aromatic N) is 1. The van der Waals surface area contributed by atoms with Gasteiger partial charge in [0.2, 0.25) is 10.0 Å². The molecule has 1 aliphatic heterocycles. The zero-order valence-corrected chi connectivity index (χ0v) is 12.8. The van der Waals surface area contributed by atoms with Gasteiger partial charge in [0.15, 0.2) is 0 Å². The van der Waals surface area contributed by atoms with Crippen molar-refractivity contribution in [2.75, 3.05) is 19.6 Å². The van der Waals surface area contributed by atoms with E-state index in [4.69, 9.17) is 5.11 Å². The third-order valence-electron chi connectivity index (χ3n) is 3.50. The molecule has 1 atom stereocenters. The van der Waals surface area contributed by atoms with Gasteiger partial charge in [-0.15, -0.1) is 0 Å². The second-order valence-electron chi connectivity index (χ2n) is 5.36. The van der Waals surface area contributed by atoms with Crippen molar-refractivity contribution in [3.63, 3.8) is 0 Å². The molecule has 116 valence electrons. The van der Waals surface area contributed by atoms with Crippen LogP contribution < -0.4 is 4.72 Å². The van der Waals surface area contributed by atoms with Crippen LogP contribution in [0.1, 0.15) is 30.1 Å². The van der Waals surface area contributed by atoms with Crippen molar-refractivity contribution in [1.29, 1.82) is 0 Å². The highest BCUT2D eigenvalue weighted by Crippen LogP contribution is 2.12. The van der Waals surface area contributed by atoms with Crippen LogP contribution in [0.5, 0.6) is 0 Å². The zero-order valence-electron chi connectivity index (χ0n) is 11.9. The maximum atomic E-state index is 12.2. The number of hydrogen-bond acceptors (Lipinski definition) is 4. The lowest BCUT2D eigenvalue weighted by atomic mass is 10.2. The Bertz CT molecular complexity index is 592. The number of hydrogen-bond donors (Lipinski definition) is 2. The molecule has 2 N–H and O–H groups in total. The van der Waals surface area contributed by atoms with Crippen molar-refractivity contribution in [3.05, 3.63) is 29.8 Å². The van der Waals surface area contributed by atoms with E-state index in [0.29, 0.717) is 6.54 Å². The fourth-order valence-corrected chi connectivity index (χ4v) is 3.73. The highest BCUT2D eigenvalue weighted by Gasteiger charge is 2.20. The normalized spacial score (nSPS) is 17.8. The van der Waals surface area contributed by atoms with E-state index in [-0.39, 0.29) is 16.5 Å². The van der Waals surface area contributed by atoms with Crippen LogP contribution >= 0.6 is 0 Å². The van der Waals surface area contributed by atoms with Crippen molar-refractivity contribution < 1.29 is 18.3 Å². The summed E-state index contributed by atoms with van der Waals surface area (Å²) in [7, 11) is -3.61. The summed E-state index contributed by atoms with van der Waals surface area (Å²) >= 11 is 0. The van der Waals surface area contributed by atoms with Crippen molar-refractivity contribution in [2.24, 2.45) is 0 Å². The topological polar surface area (TPSA) is 86.7 Å². The summed E-state index contributed by atoms with van der Waals surface area (Å²) in [6.45, 7) is 4.55. The highest BCUT2D eigenvalue weighted by molar-refractivity contribution is 7.89. The van der Waals surface area contributed by atoms with E-state index in [9.17, 15) is 13.2 Å². The first kappa shape index (κ1) is 15.9. The zero-order chi connectivity index (χ0) is 15.5. The molecule has 1 unspecified atom stereocenters. The molecule has 1 aromatic carbocycles. The first-order chi connectivity index (χ1) is 9.88. The average Bonchev–Trinajstić information content (AvgIpc) is 2.90. The molecule has 1 saturated heterocycles. The number of carboxylic acids is 1. The van der Waals surface area contributed by atoms with Gasteiger partial charge in [-0.25, -0.2) is 17.9 Å². The second kappa shape index (κ2) is 6.55. The molecular weight excluding hydrogens is 292 g/mol. The molecular formula is C14H20N2O4S. The van der Waals surface area contributed by atoms with Crippen molar-refractivity contribution in [1.82, 2.24) is 9.62 Å². The number of sulfonamides is 1. The van der Waals surface area contributed by atoms with E-state index < -0.39 is 16.0 Å². The van der Waals surface area contributed by atoms with Crippen molar-refractivity contribution >= 4 is 16.0 Å². The van der Waals surface area contributed by atoms with Crippen LogP contribution in [0, 0.1) is 0 Å². The average molecular weight is 312 g/mol. The van der Waals surface area contributed by atoms with Crippen LogP contribution in [0.2, 0.25) is 0 Å². The third-order valence-corrected chi connectivity index (χ3v) is 5.10. The summed E-state index contributed by atoms with van der Waals surface area (Å²) < 4.78 is 27.1. The molecule has 1 aliphatic rings. The third kappa shape index (κ3) is 4.26. The van der Waals surface area contributed by atoms with Gasteiger partial charge < -0.3 is 10.0 Å².